The summed E-state index contributed by atoms with van der Waals surface area (Å²) < 4.78 is 5.32. The van der Waals surface area contributed by atoms with E-state index in [0.717, 1.165) is 30.9 Å². The van der Waals surface area contributed by atoms with E-state index in [9.17, 15) is 4.79 Å². The Labute approximate surface area is 114 Å². The van der Waals surface area contributed by atoms with Crippen LogP contribution in [0.25, 0.3) is 0 Å². The molecule has 5 nitrogen and oxygen atoms in total. The molecule has 0 unspecified atom stereocenters. The SMILES string of the molecule is Cc1ncc(CC2CN(C(=O)OC(C)(C)C)C2)cn1. The number of likely N-dealkylation sites (tertiary alicyclic amines) is 1. The average molecular weight is 263 g/mol. The van der Waals surface area contributed by atoms with E-state index in [2.05, 4.69) is 9.97 Å². The molecule has 0 spiro atoms. The van der Waals surface area contributed by atoms with Gasteiger partial charge in [0.2, 0.25) is 0 Å². The van der Waals surface area contributed by atoms with Crippen LogP contribution in [0.5, 0.6) is 0 Å². The predicted octanol–water partition coefficient (Wildman–Crippen LogP) is 2.19. The highest BCUT2D eigenvalue weighted by Gasteiger charge is 2.33. The molecule has 1 aromatic rings. The highest BCUT2D eigenvalue weighted by molar-refractivity contribution is 5.69. The number of hydrogen-bond donors (Lipinski definition) is 0. The summed E-state index contributed by atoms with van der Waals surface area (Å²) in [5.74, 6) is 1.27. The summed E-state index contributed by atoms with van der Waals surface area (Å²) in [5.41, 5.74) is 0.701. The van der Waals surface area contributed by atoms with Gasteiger partial charge < -0.3 is 9.64 Å². The molecule has 1 saturated heterocycles. The fraction of sp³-hybridized carbons (Fsp3) is 0.643. The number of aryl methyl sites for hydroxylation is 1. The molecule has 0 aromatic carbocycles. The van der Waals surface area contributed by atoms with E-state index in [-0.39, 0.29) is 6.09 Å². The van der Waals surface area contributed by atoms with Gasteiger partial charge in [-0.3, -0.25) is 0 Å². The van der Waals surface area contributed by atoms with E-state index in [0.29, 0.717) is 5.92 Å². The van der Waals surface area contributed by atoms with Crippen molar-refractivity contribution in [2.45, 2.75) is 39.7 Å². The zero-order valence-corrected chi connectivity index (χ0v) is 12.0. The van der Waals surface area contributed by atoms with E-state index in [4.69, 9.17) is 4.74 Å². The van der Waals surface area contributed by atoms with Crippen molar-refractivity contribution in [1.82, 2.24) is 14.9 Å². The van der Waals surface area contributed by atoms with Crippen molar-refractivity contribution >= 4 is 6.09 Å². The second-order valence-corrected chi connectivity index (χ2v) is 6.09. The van der Waals surface area contributed by atoms with Gasteiger partial charge in [-0.2, -0.15) is 0 Å². The smallest absolute Gasteiger partial charge is 0.410 e. The molecule has 1 aliphatic heterocycles. The van der Waals surface area contributed by atoms with Crippen LogP contribution < -0.4 is 0 Å². The van der Waals surface area contributed by atoms with Gasteiger partial charge in [0.05, 0.1) is 0 Å². The Balaban J connectivity index is 1.77. The van der Waals surface area contributed by atoms with E-state index < -0.39 is 5.60 Å². The predicted molar refractivity (Wildman–Crippen MR) is 71.8 cm³/mol. The fourth-order valence-electron chi connectivity index (χ4n) is 2.03. The molecular weight excluding hydrogens is 242 g/mol. The van der Waals surface area contributed by atoms with Crippen LogP contribution in [0.4, 0.5) is 4.79 Å². The van der Waals surface area contributed by atoms with Crippen LogP contribution >= 0.6 is 0 Å². The van der Waals surface area contributed by atoms with E-state index >= 15 is 0 Å². The lowest BCUT2D eigenvalue weighted by Gasteiger charge is -2.39. The van der Waals surface area contributed by atoms with Gasteiger partial charge in [-0.05, 0) is 45.6 Å². The summed E-state index contributed by atoms with van der Waals surface area (Å²) in [5, 5.41) is 0. The molecule has 0 N–H and O–H groups in total. The molecule has 1 fully saturated rings. The molecule has 0 saturated carbocycles. The average Bonchev–Trinajstić information content (AvgIpc) is 2.22. The normalized spacial score (nSPS) is 16.1. The minimum absolute atomic E-state index is 0.219. The first kappa shape index (κ1) is 13.8. The topological polar surface area (TPSA) is 55.3 Å². The fourth-order valence-corrected chi connectivity index (χ4v) is 2.03. The molecule has 5 heteroatoms. The Morgan fingerprint density at radius 2 is 1.95 bits per heavy atom. The molecule has 104 valence electrons. The molecule has 0 atom stereocenters. The largest absolute Gasteiger partial charge is 0.444 e. The quantitative estimate of drug-likeness (QED) is 0.820. The van der Waals surface area contributed by atoms with Crippen LogP contribution in [0.1, 0.15) is 32.2 Å². The van der Waals surface area contributed by atoms with Crippen LogP contribution in [-0.2, 0) is 11.2 Å². The number of carbonyl (C=O) groups is 1. The third-order valence-electron chi connectivity index (χ3n) is 2.97. The van der Waals surface area contributed by atoms with Gasteiger partial charge in [-0.25, -0.2) is 14.8 Å². The first-order valence-electron chi connectivity index (χ1n) is 6.59. The maximum atomic E-state index is 11.8. The number of carbonyl (C=O) groups excluding carboxylic acids is 1. The highest BCUT2D eigenvalue weighted by atomic mass is 16.6. The second kappa shape index (κ2) is 5.15. The van der Waals surface area contributed by atoms with Gasteiger partial charge >= 0.3 is 6.09 Å². The van der Waals surface area contributed by atoms with Gasteiger partial charge in [0.15, 0.2) is 0 Å². The molecule has 2 heterocycles. The van der Waals surface area contributed by atoms with Crippen LogP contribution in [0.15, 0.2) is 12.4 Å². The summed E-state index contributed by atoms with van der Waals surface area (Å²) >= 11 is 0. The minimum Gasteiger partial charge on any atom is -0.444 e. The molecule has 0 radical (unpaired) electrons. The van der Waals surface area contributed by atoms with Gasteiger partial charge in [0.1, 0.15) is 11.4 Å². The van der Waals surface area contributed by atoms with Gasteiger partial charge in [0.25, 0.3) is 0 Å². The number of amides is 1. The number of nitrogens with zero attached hydrogens (tertiary/aromatic N) is 3. The van der Waals surface area contributed by atoms with Crippen molar-refractivity contribution in [3.05, 3.63) is 23.8 Å². The molecule has 1 amide bonds. The number of ether oxygens (including phenoxy) is 1. The van der Waals surface area contributed by atoms with Crippen molar-refractivity contribution in [3.8, 4) is 0 Å². The Morgan fingerprint density at radius 1 is 1.37 bits per heavy atom. The lowest BCUT2D eigenvalue weighted by molar-refractivity contribution is -0.000893. The molecule has 19 heavy (non-hydrogen) atoms. The molecular formula is C14H21N3O2. The molecule has 2 rings (SSSR count). The Bertz CT molecular complexity index is 445. The minimum atomic E-state index is -0.424. The zero-order chi connectivity index (χ0) is 14.0. The highest BCUT2D eigenvalue weighted by Crippen LogP contribution is 2.22. The van der Waals surface area contributed by atoms with Crippen LogP contribution in [0, 0.1) is 12.8 Å². The van der Waals surface area contributed by atoms with Crippen molar-refractivity contribution in [2.75, 3.05) is 13.1 Å². The summed E-state index contributed by atoms with van der Waals surface area (Å²) in [4.78, 5) is 21.9. The van der Waals surface area contributed by atoms with Gasteiger partial charge in [-0.1, -0.05) is 0 Å². The Hall–Kier alpha value is -1.65. The Morgan fingerprint density at radius 3 is 2.47 bits per heavy atom. The van der Waals surface area contributed by atoms with Gasteiger partial charge in [-0.15, -0.1) is 0 Å². The van der Waals surface area contributed by atoms with Crippen LogP contribution in [0.3, 0.4) is 0 Å². The summed E-state index contributed by atoms with van der Waals surface area (Å²) in [6, 6.07) is 0. The van der Waals surface area contributed by atoms with Gasteiger partial charge in [0, 0.05) is 25.5 Å². The second-order valence-electron chi connectivity index (χ2n) is 6.09. The standard InChI is InChI=1S/C14H21N3O2/c1-10-15-6-11(7-16-10)5-12-8-17(9-12)13(18)19-14(2,3)4/h6-7,12H,5,8-9H2,1-4H3. The monoisotopic (exact) mass is 263 g/mol. The first-order chi connectivity index (χ1) is 8.83. The molecule has 0 bridgehead atoms. The van der Waals surface area contributed by atoms with Crippen LogP contribution in [0.2, 0.25) is 0 Å². The third-order valence-corrected chi connectivity index (χ3v) is 2.97. The summed E-state index contributed by atoms with van der Waals surface area (Å²) in [6.07, 6.45) is 4.42. The first-order valence-corrected chi connectivity index (χ1v) is 6.59. The van der Waals surface area contributed by atoms with E-state index in [1.54, 1.807) is 4.90 Å². The van der Waals surface area contributed by atoms with E-state index in [1.807, 2.05) is 40.1 Å². The lowest BCUT2D eigenvalue weighted by atomic mass is 9.94. The number of aromatic nitrogens is 2. The molecule has 1 aromatic heterocycles. The molecule has 0 aliphatic carbocycles. The zero-order valence-electron chi connectivity index (χ0n) is 12.0. The van der Waals surface area contributed by atoms with Crippen molar-refractivity contribution in [2.24, 2.45) is 5.92 Å². The maximum Gasteiger partial charge on any atom is 0.410 e. The summed E-state index contributed by atoms with van der Waals surface area (Å²) in [6.45, 7) is 9.02. The van der Waals surface area contributed by atoms with E-state index in [1.165, 1.54) is 0 Å². The van der Waals surface area contributed by atoms with Crippen LogP contribution in [-0.4, -0.2) is 39.7 Å². The lowest BCUT2D eigenvalue weighted by Crippen LogP contribution is -2.52. The number of hydrogen-bond acceptors (Lipinski definition) is 4. The van der Waals surface area contributed by atoms with Crippen molar-refractivity contribution < 1.29 is 9.53 Å². The van der Waals surface area contributed by atoms with Crippen molar-refractivity contribution in [3.63, 3.8) is 0 Å². The van der Waals surface area contributed by atoms with Crippen molar-refractivity contribution in [1.29, 1.82) is 0 Å². The Kier molecular flexibility index (Phi) is 3.73. The summed E-state index contributed by atoms with van der Waals surface area (Å²) in [7, 11) is 0. The maximum absolute atomic E-state index is 11.8. The molecule has 1 aliphatic rings. The third kappa shape index (κ3) is 3.91. The number of rotatable bonds is 2.